The fourth-order valence-electron chi connectivity index (χ4n) is 1.25. The van der Waals surface area contributed by atoms with E-state index in [4.69, 9.17) is 0 Å². The van der Waals surface area contributed by atoms with Crippen LogP contribution in [0, 0.1) is 0 Å². The molecule has 104 valence electrons. The first-order valence-corrected chi connectivity index (χ1v) is 7.96. The van der Waals surface area contributed by atoms with Gasteiger partial charge in [-0.25, -0.2) is 9.78 Å². The molecular formula is C12H10N2O4S2. The lowest BCUT2D eigenvalue weighted by atomic mass is 10.5. The largest absolute Gasteiger partial charge is 0.334 e. The number of hydrogen-bond donors (Lipinski definition) is 0. The Hall–Kier alpha value is -1.80. The number of aromatic nitrogens is 1. The molecule has 0 aromatic carbocycles. The van der Waals surface area contributed by atoms with Crippen LogP contribution < -0.4 is 0 Å². The Morgan fingerprint density at radius 3 is 2.65 bits per heavy atom. The maximum Gasteiger partial charge on any atom is 0.334 e. The van der Waals surface area contributed by atoms with Gasteiger partial charge in [0.05, 0.1) is 6.42 Å². The average molecular weight is 310 g/mol. The van der Waals surface area contributed by atoms with E-state index in [0.717, 1.165) is 17.2 Å². The molecule has 0 saturated carbocycles. The zero-order valence-electron chi connectivity index (χ0n) is 10.2. The lowest BCUT2D eigenvalue weighted by molar-refractivity contribution is -0.195. The molecule has 20 heavy (non-hydrogen) atoms. The lowest BCUT2D eigenvalue weighted by Crippen LogP contribution is -2.32. The van der Waals surface area contributed by atoms with Crippen LogP contribution in [-0.4, -0.2) is 33.6 Å². The fourth-order valence-corrected chi connectivity index (χ4v) is 3.10. The van der Waals surface area contributed by atoms with Gasteiger partial charge in [-0.15, -0.1) is 0 Å². The number of hydroxylamine groups is 2. The Balaban J connectivity index is 1.66. The van der Waals surface area contributed by atoms with Crippen LogP contribution >= 0.6 is 21.6 Å². The number of carbonyl (C=O) groups is 3. The van der Waals surface area contributed by atoms with Gasteiger partial charge in [0.1, 0.15) is 5.03 Å². The predicted octanol–water partition coefficient (Wildman–Crippen LogP) is 1.60. The molecule has 1 aliphatic rings. The predicted molar refractivity (Wildman–Crippen MR) is 74.3 cm³/mol. The van der Waals surface area contributed by atoms with Crippen molar-refractivity contribution in [3.8, 4) is 0 Å². The zero-order chi connectivity index (χ0) is 14.4. The molecule has 0 spiro atoms. The van der Waals surface area contributed by atoms with Gasteiger partial charge in [0, 0.05) is 24.1 Å². The van der Waals surface area contributed by atoms with E-state index in [0.29, 0.717) is 10.8 Å². The summed E-state index contributed by atoms with van der Waals surface area (Å²) in [5, 5.41) is 1.30. The van der Waals surface area contributed by atoms with E-state index in [1.54, 1.807) is 6.20 Å². The third-order valence-corrected chi connectivity index (χ3v) is 4.40. The summed E-state index contributed by atoms with van der Waals surface area (Å²) in [6.07, 6.45) is 3.90. The quantitative estimate of drug-likeness (QED) is 0.448. The molecule has 0 N–H and O–H groups in total. The zero-order valence-corrected chi connectivity index (χ0v) is 11.9. The van der Waals surface area contributed by atoms with Gasteiger partial charge in [-0.1, -0.05) is 21.9 Å². The Kier molecular flexibility index (Phi) is 5.19. The Morgan fingerprint density at radius 1 is 1.25 bits per heavy atom. The molecule has 8 heteroatoms. The summed E-state index contributed by atoms with van der Waals surface area (Å²) in [6, 6.07) is 5.56. The number of hydrogen-bond acceptors (Lipinski definition) is 7. The first kappa shape index (κ1) is 14.6. The normalized spacial score (nSPS) is 13.9. The Morgan fingerprint density at radius 2 is 2.00 bits per heavy atom. The lowest BCUT2D eigenvalue weighted by Gasteiger charge is -2.12. The number of imide groups is 1. The van der Waals surface area contributed by atoms with Gasteiger partial charge >= 0.3 is 5.97 Å². The van der Waals surface area contributed by atoms with Crippen LogP contribution in [0.3, 0.4) is 0 Å². The fraction of sp³-hybridized carbons (Fsp3) is 0.167. The molecule has 0 unspecified atom stereocenters. The molecule has 0 atom stereocenters. The number of rotatable bonds is 6. The molecule has 0 radical (unpaired) electrons. The number of carbonyl (C=O) groups excluding carboxylic acids is 3. The summed E-state index contributed by atoms with van der Waals surface area (Å²) in [7, 11) is 2.89. The van der Waals surface area contributed by atoms with Crippen LogP contribution in [0.5, 0.6) is 0 Å². The number of amides is 2. The van der Waals surface area contributed by atoms with Crippen LogP contribution in [-0.2, 0) is 19.2 Å². The van der Waals surface area contributed by atoms with Crippen molar-refractivity contribution in [2.45, 2.75) is 11.4 Å². The van der Waals surface area contributed by atoms with Crippen molar-refractivity contribution in [1.29, 1.82) is 0 Å². The van der Waals surface area contributed by atoms with Gasteiger partial charge in [-0.3, -0.25) is 9.59 Å². The van der Waals surface area contributed by atoms with E-state index in [2.05, 4.69) is 9.82 Å². The van der Waals surface area contributed by atoms with Crippen molar-refractivity contribution in [2.24, 2.45) is 0 Å². The summed E-state index contributed by atoms with van der Waals surface area (Å²) >= 11 is 0. The van der Waals surface area contributed by atoms with Gasteiger partial charge in [0.2, 0.25) is 0 Å². The number of pyridine rings is 1. The second-order valence-electron chi connectivity index (χ2n) is 3.59. The first-order valence-electron chi connectivity index (χ1n) is 5.64. The molecule has 2 amide bonds. The minimum Gasteiger partial charge on any atom is -0.330 e. The second-order valence-corrected chi connectivity index (χ2v) is 6.03. The summed E-state index contributed by atoms with van der Waals surface area (Å²) in [5.41, 5.74) is 0. The summed E-state index contributed by atoms with van der Waals surface area (Å²) in [4.78, 5) is 42.6. The minimum absolute atomic E-state index is 0.0988. The third-order valence-electron chi connectivity index (χ3n) is 2.13. The van der Waals surface area contributed by atoms with Crippen molar-refractivity contribution in [1.82, 2.24) is 10.0 Å². The Labute approximate surface area is 122 Å². The number of nitrogens with zero attached hydrogens (tertiary/aromatic N) is 2. The molecule has 2 rings (SSSR count). The summed E-state index contributed by atoms with van der Waals surface area (Å²) < 4.78 is 0. The first-order chi connectivity index (χ1) is 9.66. The van der Waals surface area contributed by atoms with Crippen molar-refractivity contribution >= 4 is 39.4 Å². The molecular weight excluding hydrogens is 300 g/mol. The highest BCUT2D eigenvalue weighted by molar-refractivity contribution is 8.76. The van der Waals surface area contributed by atoms with Crippen LogP contribution in [0.25, 0.3) is 0 Å². The topological polar surface area (TPSA) is 76.6 Å². The van der Waals surface area contributed by atoms with Crippen LogP contribution in [0.4, 0.5) is 0 Å². The minimum atomic E-state index is -0.640. The summed E-state index contributed by atoms with van der Waals surface area (Å²) in [5.74, 6) is -1.41. The molecule has 1 aromatic heterocycles. The van der Waals surface area contributed by atoms with E-state index < -0.39 is 17.8 Å². The van der Waals surface area contributed by atoms with Crippen molar-refractivity contribution in [3.05, 3.63) is 36.5 Å². The molecule has 0 fully saturated rings. The summed E-state index contributed by atoms with van der Waals surface area (Å²) in [6.45, 7) is 0. The SMILES string of the molecule is O=C(CCSSc1ccccn1)ON1C(=O)C=CC1=O. The van der Waals surface area contributed by atoms with Gasteiger partial charge < -0.3 is 4.84 Å². The van der Waals surface area contributed by atoms with E-state index in [1.807, 2.05) is 18.2 Å². The van der Waals surface area contributed by atoms with Crippen molar-refractivity contribution < 1.29 is 19.2 Å². The van der Waals surface area contributed by atoms with Gasteiger partial charge in [-0.05, 0) is 22.9 Å². The molecule has 2 heterocycles. The van der Waals surface area contributed by atoms with Gasteiger partial charge in [0.25, 0.3) is 11.8 Å². The second kappa shape index (κ2) is 7.11. The molecule has 6 nitrogen and oxygen atoms in total. The molecule has 0 saturated heterocycles. The highest BCUT2D eigenvalue weighted by Crippen LogP contribution is 2.29. The van der Waals surface area contributed by atoms with Gasteiger partial charge in [-0.2, -0.15) is 0 Å². The molecule has 0 bridgehead atoms. The highest BCUT2D eigenvalue weighted by Gasteiger charge is 2.27. The van der Waals surface area contributed by atoms with E-state index in [-0.39, 0.29) is 6.42 Å². The highest BCUT2D eigenvalue weighted by atomic mass is 33.1. The third kappa shape index (κ3) is 4.10. The monoisotopic (exact) mass is 310 g/mol. The molecule has 1 aromatic rings. The van der Waals surface area contributed by atoms with E-state index >= 15 is 0 Å². The van der Waals surface area contributed by atoms with Crippen molar-refractivity contribution in [2.75, 3.05) is 5.75 Å². The standard InChI is InChI=1S/C12H10N2O4S2/c15-10-4-5-11(16)14(10)18-12(17)6-8-19-20-9-3-1-2-7-13-9/h1-5,7H,6,8H2. The average Bonchev–Trinajstić information content (AvgIpc) is 2.77. The van der Waals surface area contributed by atoms with Crippen LogP contribution in [0.2, 0.25) is 0 Å². The smallest absolute Gasteiger partial charge is 0.330 e. The van der Waals surface area contributed by atoms with E-state index in [1.165, 1.54) is 21.6 Å². The Bertz CT molecular complexity index is 530. The van der Waals surface area contributed by atoms with E-state index in [9.17, 15) is 14.4 Å². The van der Waals surface area contributed by atoms with Gasteiger partial charge in [0.15, 0.2) is 0 Å². The molecule has 0 aliphatic carbocycles. The van der Waals surface area contributed by atoms with Crippen molar-refractivity contribution in [3.63, 3.8) is 0 Å². The van der Waals surface area contributed by atoms with Crippen LogP contribution in [0.15, 0.2) is 41.6 Å². The molecule has 1 aliphatic heterocycles. The maximum absolute atomic E-state index is 11.5. The maximum atomic E-state index is 11.5. The van der Waals surface area contributed by atoms with Crippen LogP contribution in [0.1, 0.15) is 6.42 Å².